The van der Waals surface area contributed by atoms with Crippen molar-refractivity contribution in [3.8, 4) is 5.75 Å². The van der Waals surface area contributed by atoms with Crippen molar-refractivity contribution in [2.24, 2.45) is 11.8 Å². The van der Waals surface area contributed by atoms with Crippen LogP contribution in [-0.2, 0) is 4.79 Å². The third-order valence-electron chi connectivity index (χ3n) is 4.09. The van der Waals surface area contributed by atoms with E-state index in [1.807, 2.05) is 30.9 Å². The van der Waals surface area contributed by atoms with Crippen molar-refractivity contribution in [3.63, 3.8) is 0 Å². The van der Waals surface area contributed by atoms with E-state index in [-0.39, 0.29) is 18.4 Å². The molecule has 1 atom stereocenters. The molecule has 1 aromatic carbocycles. The molecule has 0 spiro atoms. The number of carbonyl (C=O) groups excluding carboxylic acids is 1. The van der Waals surface area contributed by atoms with Gasteiger partial charge in [-0.2, -0.15) is 0 Å². The van der Waals surface area contributed by atoms with E-state index < -0.39 is 6.10 Å². The number of ether oxygens (including phenoxy) is 1. The van der Waals surface area contributed by atoms with Gasteiger partial charge in [0.25, 0.3) is 5.91 Å². The largest absolute Gasteiger partial charge is 0.480 e. The van der Waals surface area contributed by atoms with Crippen LogP contribution in [0.1, 0.15) is 26.7 Å². The summed E-state index contributed by atoms with van der Waals surface area (Å²) in [6.45, 7) is 5.54. The summed E-state index contributed by atoms with van der Waals surface area (Å²) in [4.78, 5) is 14.6. The lowest BCUT2D eigenvalue weighted by atomic mass is 9.96. The predicted octanol–water partition coefficient (Wildman–Crippen LogP) is 2.97. The molecule has 1 aliphatic rings. The van der Waals surface area contributed by atoms with E-state index >= 15 is 0 Å². The second kappa shape index (κ2) is 7.84. The number of rotatable bonds is 5. The smallest absolute Gasteiger partial charge is 0.263 e. The molecule has 2 rings (SSSR count). The Morgan fingerprint density at radius 1 is 1.41 bits per heavy atom. The summed E-state index contributed by atoms with van der Waals surface area (Å²) in [7, 11) is 0. The van der Waals surface area contributed by atoms with Crippen LogP contribution in [0.25, 0.3) is 0 Å². The van der Waals surface area contributed by atoms with E-state index in [0.29, 0.717) is 29.8 Å². The molecule has 22 heavy (non-hydrogen) atoms. The SMILES string of the molecule is CC(C)C(Oc1cccc(Cl)c1)C(=O)N1CCC(CO)CC1. The maximum Gasteiger partial charge on any atom is 0.263 e. The van der Waals surface area contributed by atoms with E-state index in [2.05, 4.69) is 0 Å². The molecule has 1 fully saturated rings. The van der Waals surface area contributed by atoms with Crippen LogP contribution in [0.3, 0.4) is 0 Å². The highest BCUT2D eigenvalue weighted by Crippen LogP contribution is 2.23. The van der Waals surface area contributed by atoms with Gasteiger partial charge in [-0.15, -0.1) is 0 Å². The van der Waals surface area contributed by atoms with Gasteiger partial charge >= 0.3 is 0 Å². The van der Waals surface area contributed by atoms with Crippen LogP contribution in [0.15, 0.2) is 24.3 Å². The van der Waals surface area contributed by atoms with Gasteiger partial charge in [0, 0.05) is 24.7 Å². The molecule has 0 saturated carbocycles. The first-order valence-electron chi connectivity index (χ1n) is 7.83. The van der Waals surface area contributed by atoms with Crippen LogP contribution < -0.4 is 4.74 Å². The van der Waals surface area contributed by atoms with Gasteiger partial charge in [0.2, 0.25) is 0 Å². The Hall–Kier alpha value is -1.26. The zero-order valence-electron chi connectivity index (χ0n) is 13.2. The minimum atomic E-state index is -0.510. The summed E-state index contributed by atoms with van der Waals surface area (Å²) >= 11 is 5.97. The molecule has 0 bridgehead atoms. The number of hydrogen-bond donors (Lipinski definition) is 1. The molecule has 1 unspecified atom stereocenters. The van der Waals surface area contributed by atoms with Gasteiger partial charge in [-0.05, 0) is 42.9 Å². The first-order valence-corrected chi connectivity index (χ1v) is 8.21. The van der Waals surface area contributed by atoms with Gasteiger partial charge in [0.15, 0.2) is 6.10 Å². The summed E-state index contributed by atoms with van der Waals surface area (Å²) in [5.74, 6) is 1.02. The third kappa shape index (κ3) is 4.37. The topological polar surface area (TPSA) is 49.8 Å². The maximum atomic E-state index is 12.7. The summed E-state index contributed by atoms with van der Waals surface area (Å²) < 4.78 is 5.90. The normalized spacial score (nSPS) is 17.6. The second-order valence-electron chi connectivity index (χ2n) is 6.19. The molecule has 1 saturated heterocycles. The van der Waals surface area contributed by atoms with Crippen LogP contribution in [0.2, 0.25) is 5.02 Å². The average molecular weight is 326 g/mol. The molecule has 1 aromatic rings. The quantitative estimate of drug-likeness (QED) is 0.905. The van der Waals surface area contributed by atoms with Crippen molar-refractivity contribution in [1.29, 1.82) is 0 Å². The molecule has 4 nitrogen and oxygen atoms in total. The highest BCUT2D eigenvalue weighted by molar-refractivity contribution is 6.30. The number of aliphatic hydroxyl groups is 1. The summed E-state index contributed by atoms with van der Waals surface area (Å²) in [5, 5.41) is 9.79. The van der Waals surface area contributed by atoms with E-state index in [4.69, 9.17) is 16.3 Å². The summed E-state index contributed by atoms with van der Waals surface area (Å²) in [5.41, 5.74) is 0. The first kappa shape index (κ1) is 17.1. The Morgan fingerprint density at radius 3 is 2.64 bits per heavy atom. The van der Waals surface area contributed by atoms with Gasteiger partial charge in [-0.1, -0.05) is 31.5 Å². The molecule has 5 heteroatoms. The molecule has 1 amide bonds. The molecule has 1 heterocycles. The highest BCUT2D eigenvalue weighted by atomic mass is 35.5. The molecule has 1 aliphatic heterocycles. The fraction of sp³-hybridized carbons (Fsp3) is 0.588. The molecule has 0 radical (unpaired) electrons. The number of halogens is 1. The number of amides is 1. The van der Waals surface area contributed by atoms with Gasteiger partial charge in [0.05, 0.1) is 0 Å². The summed E-state index contributed by atoms with van der Waals surface area (Å²) in [6.07, 6.45) is 1.19. The average Bonchev–Trinajstić information content (AvgIpc) is 2.52. The number of likely N-dealkylation sites (tertiary alicyclic amines) is 1. The molecule has 0 aliphatic carbocycles. The highest BCUT2D eigenvalue weighted by Gasteiger charge is 2.31. The van der Waals surface area contributed by atoms with Gasteiger partial charge in [-0.25, -0.2) is 0 Å². The lowest BCUT2D eigenvalue weighted by Gasteiger charge is -2.34. The zero-order chi connectivity index (χ0) is 16.1. The van der Waals surface area contributed by atoms with Crippen LogP contribution in [0, 0.1) is 11.8 Å². The molecular weight excluding hydrogens is 302 g/mol. The Morgan fingerprint density at radius 2 is 2.09 bits per heavy atom. The minimum absolute atomic E-state index is 0.0198. The standard InChI is InChI=1S/C17H24ClNO3/c1-12(2)16(22-15-5-3-4-14(18)10-15)17(21)19-8-6-13(11-20)7-9-19/h3-5,10,12-13,16,20H,6-9,11H2,1-2H3. The minimum Gasteiger partial charge on any atom is -0.480 e. The van der Waals surface area contributed by atoms with Gasteiger partial charge in [-0.3, -0.25) is 4.79 Å². The van der Waals surface area contributed by atoms with Crippen LogP contribution in [0.4, 0.5) is 0 Å². The number of aliphatic hydroxyl groups excluding tert-OH is 1. The van der Waals surface area contributed by atoms with Crippen LogP contribution in [0.5, 0.6) is 5.75 Å². The maximum absolute atomic E-state index is 12.7. The Bertz CT molecular complexity index is 498. The van der Waals surface area contributed by atoms with Crippen molar-refractivity contribution in [1.82, 2.24) is 4.90 Å². The van der Waals surface area contributed by atoms with Crippen molar-refractivity contribution in [3.05, 3.63) is 29.3 Å². The number of nitrogens with zero attached hydrogens (tertiary/aromatic N) is 1. The Kier molecular flexibility index (Phi) is 6.09. The van der Waals surface area contributed by atoms with E-state index in [9.17, 15) is 9.90 Å². The fourth-order valence-corrected chi connectivity index (χ4v) is 2.85. The number of piperidine rings is 1. The van der Waals surface area contributed by atoms with E-state index in [0.717, 1.165) is 12.8 Å². The van der Waals surface area contributed by atoms with Crippen LogP contribution >= 0.6 is 11.6 Å². The van der Waals surface area contributed by atoms with E-state index in [1.54, 1.807) is 12.1 Å². The first-order chi connectivity index (χ1) is 10.5. The lowest BCUT2D eigenvalue weighted by Crippen LogP contribution is -2.48. The van der Waals surface area contributed by atoms with Crippen molar-refractivity contribution < 1.29 is 14.6 Å². The molecular formula is C17H24ClNO3. The summed E-state index contributed by atoms with van der Waals surface area (Å²) in [6, 6.07) is 7.13. The predicted molar refractivity (Wildman–Crippen MR) is 87.1 cm³/mol. The molecule has 1 N–H and O–H groups in total. The lowest BCUT2D eigenvalue weighted by molar-refractivity contribution is -0.142. The zero-order valence-corrected chi connectivity index (χ0v) is 13.9. The number of benzene rings is 1. The van der Waals surface area contributed by atoms with Gasteiger partial charge < -0.3 is 14.7 Å². The number of carbonyl (C=O) groups is 1. The van der Waals surface area contributed by atoms with Crippen molar-refractivity contribution >= 4 is 17.5 Å². The second-order valence-corrected chi connectivity index (χ2v) is 6.63. The van der Waals surface area contributed by atoms with Crippen molar-refractivity contribution in [2.45, 2.75) is 32.8 Å². The Balaban J connectivity index is 2.03. The Labute approximate surface area is 137 Å². The molecule has 122 valence electrons. The number of hydrogen-bond acceptors (Lipinski definition) is 3. The van der Waals surface area contributed by atoms with E-state index in [1.165, 1.54) is 0 Å². The fourth-order valence-electron chi connectivity index (χ4n) is 2.67. The molecule has 0 aromatic heterocycles. The van der Waals surface area contributed by atoms with Crippen molar-refractivity contribution in [2.75, 3.05) is 19.7 Å². The third-order valence-corrected chi connectivity index (χ3v) is 4.33. The van der Waals surface area contributed by atoms with Crippen LogP contribution in [-0.4, -0.2) is 41.7 Å². The van der Waals surface area contributed by atoms with Gasteiger partial charge in [0.1, 0.15) is 5.75 Å². The monoisotopic (exact) mass is 325 g/mol.